The van der Waals surface area contributed by atoms with Gasteiger partial charge in [0.1, 0.15) is 11.9 Å². The summed E-state index contributed by atoms with van der Waals surface area (Å²) in [4.78, 5) is 7.72. The molecule has 4 heteroatoms. The summed E-state index contributed by atoms with van der Waals surface area (Å²) in [7, 11) is 1.93. The molecule has 84 valence electrons. The van der Waals surface area contributed by atoms with Crippen molar-refractivity contribution in [2.45, 2.75) is 32.4 Å². The van der Waals surface area contributed by atoms with Crippen LogP contribution in [0.1, 0.15) is 37.4 Å². The fourth-order valence-corrected chi connectivity index (χ4v) is 1.82. The van der Waals surface area contributed by atoms with Crippen molar-refractivity contribution in [1.29, 1.82) is 0 Å². The molecule has 1 aromatic rings. The van der Waals surface area contributed by atoms with Crippen LogP contribution >= 0.6 is 0 Å². The summed E-state index contributed by atoms with van der Waals surface area (Å²) >= 11 is 0. The molecule has 0 radical (unpaired) electrons. The molecule has 0 aliphatic heterocycles. The fraction of sp³-hybridized carbons (Fsp3) is 0.727. The second kappa shape index (κ2) is 4.77. The molecule has 1 fully saturated rings. The number of nitrogens with zero attached hydrogens (tertiary/aromatic N) is 1. The molecule has 1 saturated carbocycles. The molecule has 0 amide bonds. The van der Waals surface area contributed by atoms with E-state index in [1.54, 1.807) is 0 Å². The summed E-state index contributed by atoms with van der Waals surface area (Å²) in [6.07, 6.45) is 4.61. The highest BCUT2D eigenvalue weighted by Gasteiger charge is 2.34. The Kier molecular flexibility index (Phi) is 3.38. The Morgan fingerprint density at radius 2 is 2.47 bits per heavy atom. The maximum atomic E-state index is 5.73. The zero-order valence-electron chi connectivity index (χ0n) is 9.42. The smallest absolute Gasteiger partial charge is 0.135 e. The highest BCUT2D eigenvalue weighted by molar-refractivity contribution is 5.06. The van der Waals surface area contributed by atoms with E-state index >= 15 is 0 Å². The van der Waals surface area contributed by atoms with Crippen LogP contribution in [0.4, 0.5) is 0 Å². The van der Waals surface area contributed by atoms with Crippen molar-refractivity contribution >= 4 is 0 Å². The zero-order valence-corrected chi connectivity index (χ0v) is 9.42. The number of hydrogen-bond donors (Lipinski definition) is 2. The van der Waals surface area contributed by atoms with E-state index < -0.39 is 0 Å². The molecule has 2 rings (SSSR count). The molecular weight excluding hydrogens is 190 g/mol. The number of aromatic amines is 1. The van der Waals surface area contributed by atoms with Gasteiger partial charge in [0, 0.05) is 25.0 Å². The lowest BCUT2D eigenvalue weighted by atomic mass is 10.2. The normalized spacial score (nSPS) is 18.0. The van der Waals surface area contributed by atoms with E-state index in [9.17, 15) is 0 Å². The van der Waals surface area contributed by atoms with Gasteiger partial charge in [-0.3, -0.25) is 0 Å². The van der Waals surface area contributed by atoms with E-state index in [2.05, 4.69) is 15.3 Å². The standard InChI is InChI=1S/C11H19N3O/c1-3-15-10(8-4-5-8)11-13-7-9(14-11)6-12-2/h7-8,10,12H,3-6H2,1-2H3,(H,13,14). The molecule has 1 aromatic heterocycles. The molecular formula is C11H19N3O. The first-order chi connectivity index (χ1) is 7.35. The average molecular weight is 209 g/mol. The molecule has 1 heterocycles. The zero-order chi connectivity index (χ0) is 10.7. The first kappa shape index (κ1) is 10.6. The van der Waals surface area contributed by atoms with Gasteiger partial charge in [0.25, 0.3) is 0 Å². The van der Waals surface area contributed by atoms with E-state index in [0.29, 0.717) is 5.92 Å². The van der Waals surface area contributed by atoms with E-state index in [4.69, 9.17) is 4.74 Å². The Morgan fingerprint density at radius 3 is 3.07 bits per heavy atom. The van der Waals surface area contributed by atoms with Crippen LogP contribution in [0.5, 0.6) is 0 Å². The Balaban J connectivity index is 2.04. The van der Waals surface area contributed by atoms with Gasteiger partial charge in [-0.05, 0) is 32.7 Å². The molecule has 0 spiro atoms. The highest BCUT2D eigenvalue weighted by atomic mass is 16.5. The second-order valence-corrected chi connectivity index (χ2v) is 4.04. The van der Waals surface area contributed by atoms with Crippen molar-refractivity contribution in [3.05, 3.63) is 17.7 Å². The summed E-state index contributed by atoms with van der Waals surface area (Å²) in [6, 6.07) is 0. The van der Waals surface area contributed by atoms with Crippen LogP contribution < -0.4 is 5.32 Å². The summed E-state index contributed by atoms with van der Waals surface area (Å²) in [5, 5.41) is 3.10. The van der Waals surface area contributed by atoms with Gasteiger partial charge in [-0.15, -0.1) is 0 Å². The molecule has 0 aromatic carbocycles. The van der Waals surface area contributed by atoms with Crippen molar-refractivity contribution < 1.29 is 4.74 Å². The fourth-order valence-electron chi connectivity index (χ4n) is 1.82. The molecule has 2 N–H and O–H groups in total. The van der Waals surface area contributed by atoms with Gasteiger partial charge in [0.2, 0.25) is 0 Å². The van der Waals surface area contributed by atoms with Crippen LogP contribution in [0.2, 0.25) is 0 Å². The van der Waals surface area contributed by atoms with E-state index in [1.807, 2.05) is 20.2 Å². The van der Waals surface area contributed by atoms with Gasteiger partial charge >= 0.3 is 0 Å². The van der Waals surface area contributed by atoms with Crippen LogP contribution in [-0.4, -0.2) is 23.6 Å². The summed E-state index contributed by atoms with van der Waals surface area (Å²) in [5.74, 6) is 1.67. The predicted octanol–water partition coefficient (Wildman–Crippen LogP) is 1.62. The van der Waals surface area contributed by atoms with E-state index in [0.717, 1.165) is 24.7 Å². The molecule has 1 unspecified atom stereocenters. The minimum absolute atomic E-state index is 0.181. The Hall–Kier alpha value is -0.870. The summed E-state index contributed by atoms with van der Waals surface area (Å²) in [5.41, 5.74) is 1.12. The molecule has 15 heavy (non-hydrogen) atoms. The third kappa shape index (κ3) is 2.58. The van der Waals surface area contributed by atoms with Crippen molar-refractivity contribution in [2.75, 3.05) is 13.7 Å². The molecule has 1 aliphatic carbocycles. The minimum atomic E-state index is 0.181. The van der Waals surface area contributed by atoms with E-state index in [-0.39, 0.29) is 6.10 Å². The van der Waals surface area contributed by atoms with Crippen molar-refractivity contribution in [1.82, 2.24) is 15.3 Å². The number of ether oxygens (including phenoxy) is 1. The summed E-state index contributed by atoms with van der Waals surface area (Å²) < 4.78 is 5.73. The third-order valence-corrected chi connectivity index (χ3v) is 2.68. The molecule has 0 saturated heterocycles. The highest BCUT2D eigenvalue weighted by Crippen LogP contribution is 2.42. The Bertz CT molecular complexity index is 307. The van der Waals surface area contributed by atoms with Gasteiger partial charge in [0.15, 0.2) is 0 Å². The van der Waals surface area contributed by atoms with Crippen molar-refractivity contribution in [2.24, 2.45) is 5.92 Å². The van der Waals surface area contributed by atoms with Crippen LogP contribution in [-0.2, 0) is 11.3 Å². The van der Waals surface area contributed by atoms with Crippen LogP contribution in [0.15, 0.2) is 6.20 Å². The van der Waals surface area contributed by atoms with Crippen molar-refractivity contribution in [3.63, 3.8) is 0 Å². The van der Waals surface area contributed by atoms with Gasteiger partial charge in [-0.2, -0.15) is 0 Å². The monoisotopic (exact) mass is 209 g/mol. The van der Waals surface area contributed by atoms with Crippen LogP contribution in [0.3, 0.4) is 0 Å². The number of aromatic nitrogens is 2. The average Bonchev–Trinajstić information content (AvgIpc) is 2.96. The van der Waals surface area contributed by atoms with Gasteiger partial charge in [0.05, 0.1) is 0 Å². The van der Waals surface area contributed by atoms with Crippen LogP contribution in [0.25, 0.3) is 0 Å². The maximum Gasteiger partial charge on any atom is 0.135 e. The number of nitrogens with one attached hydrogen (secondary N) is 2. The maximum absolute atomic E-state index is 5.73. The lowest BCUT2D eigenvalue weighted by Gasteiger charge is -2.13. The first-order valence-electron chi connectivity index (χ1n) is 5.65. The van der Waals surface area contributed by atoms with Gasteiger partial charge in [-0.1, -0.05) is 0 Å². The van der Waals surface area contributed by atoms with Gasteiger partial charge in [-0.25, -0.2) is 4.98 Å². The topological polar surface area (TPSA) is 49.9 Å². The SMILES string of the molecule is CCOC(c1ncc(CNC)[nH]1)C1CC1. The van der Waals surface area contributed by atoms with Gasteiger partial charge < -0.3 is 15.0 Å². The largest absolute Gasteiger partial charge is 0.370 e. The number of hydrogen-bond acceptors (Lipinski definition) is 3. The molecule has 1 aliphatic rings. The number of H-pyrrole nitrogens is 1. The van der Waals surface area contributed by atoms with Crippen molar-refractivity contribution in [3.8, 4) is 0 Å². The Labute approximate surface area is 90.4 Å². The predicted molar refractivity (Wildman–Crippen MR) is 58.4 cm³/mol. The van der Waals surface area contributed by atoms with Crippen LogP contribution in [0, 0.1) is 5.92 Å². The number of rotatable bonds is 6. The quantitative estimate of drug-likeness (QED) is 0.748. The molecule has 0 bridgehead atoms. The second-order valence-electron chi connectivity index (χ2n) is 4.04. The first-order valence-corrected chi connectivity index (χ1v) is 5.65. The summed E-state index contributed by atoms with van der Waals surface area (Å²) in [6.45, 7) is 3.62. The van der Waals surface area contributed by atoms with E-state index in [1.165, 1.54) is 12.8 Å². The molecule has 4 nitrogen and oxygen atoms in total. The number of imidazole rings is 1. The lowest BCUT2D eigenvalue weighted by molar-refractivity contribution is 0.0405. The minimum Gasteiger partial charge on any atom is -0.370 e. The molecule has 1 atom stereocenters. The lowest BCUT2D eigenvalue weighted by Crippen LogP contribution is -2.09. The third-order valence-electron chi connectivity index (χ3n) is 2.68. The Morgan fingerprint density at radius 1 is 1.67 bits per heavy atom.